The van der Waals surface area contributed by atoms with E-state index in [9.17, 15) is 9.59 Å². The number of hydrogen-bond donors (Lipinski definition) is 1. The van der Waals surface area contributed by atoms with E-state index in [4.69, 9.17) is 9.57 Å². The fourth-order valence-electron chi connectivity index (χ4n) is 4.11. The van der Waals surface area contributed by atoms with Crippen LogP contribution in [0.15, 0.2) is 78.0 Å². The molecule has 4 rings (SSSR count). The second-order valence-corrected chi connectivity index (χ2v) is 7.94. The number of carbonyl (C=O) groups is 2. The van der Waals surface area contributed by atoms with Crippen molar-refractivity contribution in [2.45, 2.75) is 25.4 Å². The Hall–Kier alpha value is -3.87. The van der Waals surface area contributed by atoms with Crippen LogP contribution in [0.4, 0.5) is 0 Å². The molecule has 0 aliphatic carbocycles. The van der Waals surface area contributed by atoms with Crippen molar-refractivity contribution >= 4 is 28.3 Å². The minimum atomic E-state index is -0.293. The molecule has 1 fully saturated rings. The lowest BCUT2D eigenvalue weighted by atomic mass is 10.0. The molecule has 1 N–H and O–H groups in total. The van der Waals surface area contributed by atoms with E-state index < -0.39 is 0 Å². The number of ether oxygens (including phenoxy) is 1. The van der Waals surface area contributed by atoms with Gasteiger partial charge in [-0.15, -0.1) is 0 Å². The van der Waals surface area contributed by atoms with Crippen LogP contribution in [-0.2, 0) is 21.0 Å². The third-order valence-corrected chi connectivity index (χ3v) is 5.69. The van der Waals surface area contributed by atoms with E-state index in [2.05, 4.69) is 28.7 Å². The monoisotopic (exact) mass is 445 g/mol. The van der Waals surface area contributed by atoms with Gasteiger partial charge in [0.2, 0.25) is 5.91 Å². The summed E-state index contributed by atoms with van der Waals surface area (Å²) >= 11 is 0. The number of fused-ring (bicyclic) bond motifs is 1. The van der Waals surface area contributed by atoms with Crippen LogP contribution in [0, 0.1) is 0 Å². The molecule has 1 saturated heterocycles. The van der Waals surface area contributed by atoms with E-state index in [1.54, 1.807) is 17.0 Å². The number of rotatable bonds is 8. The van der Waals surface area contributed by atoms with Crippen LogP contribution in [0.3, 0.4) is 0 Å². The Bertz CT molecular complexity index is 1140. The van der Waals surface area contributed by atoms with Crippen LogP contribution in [0.1, 0.15) is 18.4 Å². The predicted molar refractivity (Wildman–Crippen MR) is 127 cm³/mol. The van der Waals surface area contributed by atoms with Crippen LogP contribution in [-0.4, -0.2) is 48.7 Å². The fourth-order valence-corrected chi connectivity index (χ4v) is 4.11. The molecule has 7 nitrogen and oxygen atoms in total. The van der Waals surface area contributed by atoms with Crippen LogP contribution in [0.2, 0.25) is 0 Å². The molecule has 1 aliphatic heterocycles. The maximum Gasteiger partial charge on any atom is 0.261 e. The first kappa shape index (κ1) is 22.3. The van der Waals surface area contributed by atoms with Gasteiger partial charge < -0.3 is 19.8 Å². The normalized spacial score (nSPS) is 16.7. The zero-order valence-corrected chi connectivity index (χ0v) is 18.6. The van der Waals surface area contributed by atoms with Crippen molar-refractivity contribution in [3.05, 3.63) is 78.4 Å². The highest BCUT2D eigenvalue weighted by atomic mass is 16.6. The standard InChI is InChI=1S/C26H27N3O4/c1-32-28-21-14-22(29(17-21)26(31)18-33-23-11-3-2-4-12-23)15-25(30)27-16-20-10-7-9-19-8-5-6-13-24(19)20/h2-13,22H,14-18H2,1H3,(H,27,30)/t22-/m0/s1. The minimum Gasteiger partial charge on any atom is -0.484 e. The van der Waals surface area contributed by atoms with Gasteiger partial charge >= 0.3 is 0 Å². The minimum absolute atomic E-state index is 0.0988. The molecular weight excluding hydrogens is 418 g/mol. The number of nitrogens with zero attached hydrogens (tertiary/aromatic N) is 2. The molecule has 3 aromatic carbocycles. The third kappa shape index (κ3) is 5.68. The van der Waals surface area contributed by atoms with Gasteiger partial charge in [0.1, 0.15) is 12.9 Å². The van der Waals surface area contributed by atoms with Crippen LogP contribution in [0.5, 0.6) is 5.75 Å². The maximum atomic E-state index is 12.9. The highest BCUT2D eigenvalue weighted by molar-refractivity contribution is 5.95. The van der Waals surface area contributed by atoms with E-state index in [0.717, 1.165) is 22.0 Å². The van der Waals surface area contributed by atoms with E-state index in [1.165, 1.54) is 7.11 Å². The second-order valence-electron chi connectivity index (χ2n) is 7.94. The van der Waals surface area contributed by atoms with Gasteiger partial charge in [-0.2, -0.15) is 0 Å². The summed E-state index contributed by atoms with van der Waals surface area (Å²) in [6.45, 7) is 0.654. The number of hydrogen-bond acceptors (Lipinski definition) is 5. The summed E-state index contributed by atoms with van der Waals surface area (Å²) in [4.78, 5) is 32.2. The zero-order valence-electron chi connectivity index (χ0n) is 18.6. The lowest BCUT2D eigenvalue weighted by Crippen LogP contribution is -2.41. The summed E-state index contributed by atoms with van der Waals surface area (Å²) in [6.07, 6.45) is 0.678. The number of oxime groups is 1. The number of carbonyl (C=O) groups excluding carboxylic acids is 2. The van der Waals surface area contributed by atoms with Gasteiger partial charge in [-0.1, -0.05) is 65.8 Å². The molecular formula is C26H27N3O4. The molecule has 0 spiro atoms. The molecule has 0 radical (unpaired) electrons. The zero-order chi connectivity index (χ0) is 23.0. The van der Waals surface area contributed by atoms with Crippen molar-refractivity contribution in [3.8, 4) is 5.75 Å². The fraction of sp³-hybridized carbons (Fsp3) is 0.269. The largest absolute Gasteiger partial charge is 0.484 e. The SMILES string of the molecule is CON=C1C[C@@H](CC(=O)NCc2cccc3ccccc23)N(C(=O)COc2ccccc2)C1. The number of amides is 2. The van der Waals surface area contributed by atoms with Crippen molar-refractivity contribution in [2.24, 2.45) is 5.16 Å². The molecule has 7 heteroatoms. The number of para-hydroxylation sites is 1. The predicted octanol–water partition coefficient (Wildman–Crippen LogP) is 3.53. The van der Waals surface area contributed by atoms with Crippen molar-refractivity contribution in [2.75, 3.05) is 20.3 Å². The quantitative estimate of drug-likeness (QED) is 0.538. The second kappa shape index (κ2) is 10.6. The molecule has 1 atom stereocenters. The van der Waals surface area contributed by atoms with E-state index >= 15 is 0 Å². The first-order valence-corrected chi connectivity index (χ1v) is 10.9. The summed E-state index contributed by atoms with van der Waals surface area (Å²) < 4.78 is 5.61. The highest BCUT2D eigenvalue weighted by Crippen LogP contribution is 2.21. The molecule has 3 aromatic rings. The van der Waals surface area contributed by atoms with Gasteiger partial charge in [0, 0.05) is 25.4 Å². The topological polar surface area (TPSA) is 80.2 Å². The highest BCUT2D eigenvalue weighted by Gasteiger charge is 2.34. The molecule has 0 aromatic heterocycles. The van der Waals surface area contributed by atoms with E-state index in [-0.39, 0.29) is 30.9 Å². The van der Waals surface area contributed by atoms with Gasteiger partial charge in [-0.3, -0.25) is 9.59 Å². The molecule has 170 valence electrons. The van der Waals surface area contributed by atoms with Crippen molar-refractivity contribution in [3.63, 3.8) is 0 Å². The Balaban J connectivity index is 1.38. The average molecular weight is 446 g/mol. The van der Waals surface area contributed by atoms with Crippen LogP contribution < -0.4 is 10.1 Å². The molecule has 2 amide bonds. The first-order chi connectivity index (χ1) is 16.1. The number of likely N-dealkylation sites (tertiary alicyclic amines) is 1. The third-order valence-electron chi connectivity index (χ3n) is 5.69. The smallest absolute Gasteiger partial charge is 0.261 e. The summed E-state index contributed by atoms with van der Waals surface area (Å²) in [5, 5.41) is 9.26. The van der Waals surface area contributed by atoms with E-state index in [1.807, 2.05) is 42.5 Å². The molecule has 1 heterocycles. The maximum absolute atomic E-state index is 12.9. The Morgan fingerprint density at radius 2 is 1.79 bits per heavy atom. The lowest BCUT2D eigenvalue weighted by Gasteiger charge is -2.23. The Kier molecular flexibility index (Phi) is 7.19. The van der Waals surface area contributed by atoms with Crippen molar-refractivity contribution in [1.82, 2.24) is 10.2 Å². The van der Waals surface area contributed by atoms with Gasteiger partial charge in [0.15, 0.2) is 6.61 Å². The van der Waals surface area contributed by atoms with Crippen LogP contribution >= 0.6 is 0 Å². The van der Waals surface area contributed by atoms with E-state index in [0.29, 0.717) is 25.3 Å². The Morgan fingerprint density at radius 1 is 1.03 bits per heavy atom. The van der Waals surface area contributed by atoms with Gasteiger partial charge in [-0.25, -0.2) is 0 Å². The number of benzene rings is 3. The molecule has 0 bridgehead atoms. The lowest BCUT2D eigenvalue weighted by molar-refractivity contribution is -0.135. The van der Waals surface area contributed by atoms with Crippen LogP contribution in [0.25, 0.3) is 10.8 Å². The van der Waals surface area contributed by atoms with Crippen molar-refractivity contribution < 1.29 is 19.2 Å². The van der Waals surface area contributed by atoms with Gasteiger partial charge in [-0.05, 0) is 28.5 Å². The first-order valence-electron chi connectivity index (χ1n) is 10.9. The van der Waals surface area contributed by atoms with Gasteiger partial charge in [0.05, 0.1) is 12.3 Å². The Morgan fingerprint density at radius 3 is 2.61 bits per heavy atom. The molecule has 33 heavy (non-hydrogen) atoms. The summed E-state index contributed by atoms with van der Waals surface area (Å²) in [7, 11) is 1.47. The van der Waals surface area contributed by atoms with Crippen molar-refractivity contribution in [1.29, 1.82) is 0 Å². The van der Waals surface area contributed by atoms with Gasteiger partial charge in [0.25, 0.3) is 5.91 Å². The molecule has 0 saturated carbocycles. The molecule has 1 aliphatic rings. The summed E-state index contributed by atoms with van der Waals surface area (Å²) in [6, 6.07) is 23.0. The number of nitrogens with one attached hydrogen (secondary N) is 1. The average Bonchev–Trinajstić information content (AvgIpc) is 3.24. The summed E-state index contributed by atoms with van der Waals surface area (Å²) in [5.41, 5.74) is 1.79. The molecule has 0 unspecified atom stereocenters. The Labute approximate surface area is 193 Å². The summed E-state index contributed by atoms with van der Waals surface area (Å²) in [5.74, 6) is 0.320.